The van der Waals surface area contributed by atoms with Crippen LogP contribution in [0.5, 0.6) is 5.75 Å². The summed E-state index contributed by atoms with van der Waals surface area (Å²) in [5.41, 5.74) is 2.66. The molecule has 8 heteroatoms. The molecule has 0 radical (unpaired) electrons. The highest BCUT2D eigenvalue weighted by atomic mass is 32.2. The van der Waals surface area contributed by atoms with Gasteiger partial charge in [-0.1, -0.05) is 30.8 Å². The molecule has 0 bridgehead atoms. The molecule has 0 spiro atoms. The van der Waals surface area contributed by atoms with Gasteiger partial charge in [-0.15, -0.1) is 0 Å². The molecule has 0 aliphatic rings. The van der Waals surface area contributed by atoms with E-state index in [1.54, 1.807) is 13.4 Å². The second-order valence-corrected chi connectivity index (χ2v) is 7.99. The number of methoxy groups -OCH3 is 1. The number of imidazole rings is 1. The molecule has 2 aromatic heterocycles. The lowest BCUT2D eigenvalue weighted by Crippen LogP contribution is -2.08. The Morgan fingerprint density at radius 3 is 2.56 bits per heavy atom. The Morgan fingerprint density at radius 1 is 1.19 bits per heavy atom. The third-order valence-corrected chi connectivity index (χ3v) is 5.08. The first-order chi connectivity index (χ1) is 13.0. The molecule has 144 valence electrons. The highest BCUT2D eigenvalue weighted by molar-refractivity contribution is 7.99. The number of ether oxygens (including phenoxy) is 1. The fourth-order valence-corrected chi connectivity index (χ4v) is 3.31. The zero-order valence-corrected chi connectivity index (χ0v) is 16.8. The number of aromatic nitrogens is 4. The molecule has 1 unspecified atom stereocenters. The quantitative estimate of drug-likeness (QED) is 0.452. The van der Waals surface area contributed by atoms with Crippen molar-refractivity contribution < 1.29 is 9.84 Å². The van der Waals surface area contributed by atoms with Gasteiger partial charge >= 0.3 is 0 Å². The van der Waals surface area contributed by atoms with Crippen LogP contribution in [0.15, 0.2) is 35.7 Å². The minimum atomic E-state index is 0.0207. The van der Waals surface area contributed by atoms with Crippen LogP contribution in [0, 0.1) is 0 Å². The number of rotatable bonds is 8. The average molecular weight is 388 g/mol. The van der Waals surface area contributed by atoms with Crippen LogP contribution < -0.4 is 10.1 Å². The summed E-state index contributed by atoms with van der Waals surface area (Å²) >= 11 is 1.45. The van der Waals surface area contributed by atoms with E-state index < -0.39 is 0 Å². The second-order valence-electron chi connectivity index (χ2n) is 6.59. The predicted molar refractivity (Wildman–Crippen MR) is 108 cm³/mol. The zero-order valence-electron chi connectivity index (χ0n) is 16.0. The van der Waals surface area contributed by atoms with E-state index in [1.807, 2.05) is 35.8 Å². The van der Waals surface area contributed by atoms with E-state index >= 15 is 0 Å². The Hall–Kier alpha value is -2.32. The Morgan fingerprint density at radius 2 is 1.93 bits per heavy atom. The Bertz CT molecular complexity index is 895. The molecule has 27 heavy (non-hydrogen) atoms. The van der Waals surface area contributed by atoms with Crippen LogP contribution in [0.3, 0.4) is 0 Å². The van der Waals surface area contributed by atoms with E-state index in [0.29, 0.717) is 17.5 Å². The van der Waals surface area contributed by atoms with Crippen molar-refractivity contribution in [3.05, 3.63) is 36.2 Å². The lowest BCUT2D eigenvalue weighted by atomic mass is 10.2. The maximum atomic E-state index is 9.36. The van der Waals surface area contributed by atoms with E-state index in [4.69, 9.17) is 4.74 Å². The molecular formula is C19H25N5O2S. The molecule has 0 saturated carbocycles. The summed E-state index contributed by atoms with van der Waals surface area (Å²) in [6.45, 7) is 6.82. The number of hydrogen-bond acceptors (Lipinski definition) is 7. The number of hydrogen-bond donors (Lipinski definition) is 2. The first kappa shape index (κ1) is 19.4. The Kier molecular flexibility index (Phi) is 6.18. The molecule has 3 rings (SSSR count). The molecule has 0 saturated heterocycles. The number of benzene rings is 1. The van der Waals surface area contributed by atoms with Gasteiger partial charge < -0.3 is 19.7 Å². The molecule has 7 nitrogen and oxygen atoms in total. The van der Waals surface area contributed by atoms with Crippen molar-refractivity contribution in [2.75, 3.05) is 19.0 Å². The SMILES string of the molecule is COc1ccc(CNc2nc(SC(C)CO)nc3c2ncn3C(C)C)cc1. The number of fused-ring (bicyclic) bond motifs is 1. The van der Waals surface area contributed by atoms with Crippen LogP contribution in [-0.2, 0) is 6.54 Å². The van der Waals surface area contributed by atoms with Gasteiger partial charge in [-0.25, -0.2) is 15.0 Å². The third kappa shape index (κ3) is 4.51. The molecule has 0 aliphatic carbocycles. The summed E-state index contributed by atoms with van der Waals surface area (Å²) < 4.78 is 7.23. The van der Waals surface area contributed by atoms with E-state index in [2.05, 4.69) is 34.1 Å². The van der Waals surface area contributed by atoms with Gasteiger partial charge in [-0.05, 0) is 31.5 Å². The zero-order chi connectivity index (χ0) is 19.4. The van der Waals surface area contributed by atoms with Crippen molar-refractivity contribution in [2.45, 2.75) is 43.8 Å². The monoisotopic (exact) mass is 387 g/mol. The van der Waals surface area contributed by atoms with Gasteiger partial charge in [-0.2, -0.15) is 0 Å². The predicted octanol–water partition coefficient (Wildman–Crippen LogP) is 3.50. The maximum Gasteiger partial charge on any atom is 0.191 e. The standard InChI is InChI=1S/C19H25N5O2S/c1-12(2)24-11-21-16-17(20-9-14-5-7-15(26-4)8-6-14)22-19(23-18(16)24)27-13(3)10-25/h5-8,11-13,25H,9-10H2,1-4H3,(H,20,22,23). The summed E-state index contributed by atoms with van der Waals surface area (Å²) in [5.74, 6) is 1.53. The molecule has 2 N–H and O–H groups in total. The van der Waals surface area contributed by atoms with Crippen LogP contribution in [0.4, 0.5) is 5.82 Å². The van der Waals surface area contributed by atoms with Crippen molar-refractivity contribution in [1.29, 1.82) is 0 Å². The summed E-state index contributed by atoms with van der Waals surface area (Å²) in [4.78, 5) is 13.8. The number of nitrogens with one attached hydrogen (secondary N) is 1. The third-order valence-electron chi connectivity index (χ3n) is 4.14. The number of aliphatic hydroxyl groups excluding tert-OH is 1. The smallest absolute Gasteiger partial charge is 0.191 e. The van der Waals surface area contributed by atoms with Gasteiger partial charge in [-0.3, -0.25) is 0 Å². The van der Waals surface area contributed by atoms with Gasteiger partial charge in [0.2, 0.25) is 0 Å². The van der Waals surface area contributed by atoms with Crippen LogP contribution in [0.25, 0.3) is 11.2 Å². The van der Waals surface area contributed by atoms with Crippen molar-refractivity contribution >= 4 is 28.7 Å². The number of nitrogens with zero attached hydrogens (tertiary/aromatic N) is 4. The first-order valence-corrected chi connectivity index (χ1v) is 9.78. The molecule has 1 atom stereocenters. The van der Waals surface area contributed by atoms with Crippen LogP contribution in [0.2, 0.25) is 0 Å². The first-order valence-electron chi connectivity index (χ1n) is 8.90. The highest BCUT2D eigenvalue weighted by Crippen LogP contribution is 2.27. The normalized spacial score (nSPS) is 12.5. The lowest BCUT2D eigenvalue weighted by molar-refractivity contribution is 0.300. The molecule has 1 aromatic carbocycles. The summed E-state index contributed by atoms with van der Waals surface area (Å²) in [6, 6.07) is 8.14. The van der Waals surface area contributed by atoms with Crippen molar-refractivity contribution in [1.82, 2.24) is 19.5 Å². The summed E-state index contributed by atoms with van der Waals surface area (Å²) in [5, 5.41) is 13.4. The van der Waals surface area contributed by atoms with Crippen molar-refractivity contribution in [2.24, 2.45) is 0 Å². The minimum absolute atomic E-state index is 0.0207. The number of thioether (sulfide) groups is 1. The largest absolute Gasteiger partial charge is 0.497 e. The highest BCUT2D eigenvalue weighted by Gasteiger charge is 2.16. The molecule has 3 aromatic rings. The van der Waals surface area contributed by atoms with Gasteiger partial charge in [0.15, 0.2) is 22.1 Å². The second kappa shape index (κ2) is 8.58. The molecule has 0 aliphatic heterocycles. The fourth-order valence-electron chi connectivity index (χ4n) is 2.60. The minimum Gasteiger partial charge on any atom is -0.497 e. The lowest BCUT2D eigenvalue weighted by Gasteiger charge is -2.12. The van der Waals surface area contributed by atoms with E-state index in [1.165, 1.54) is 11.8 Å². The average Bonchev–Trinajstić information content (AvgIpc) is 3.10. The summed E-state index contributed by atoms with van der Waals surface area (Å²) in [7, 11) is 1.66. The maximum absolute atomic E-state index is 9.36. The molecule has 2 heterocycles. The Balaban J connectivity index is 1.91. The van der Waals surface area contributed by atoms with Crippen LogP contribution in [-0.4, -0.2) is 43.6 Å². The number of anilines is 1. The van der Waals surface area contributed by atoms with E-state index in [-0.39, 0.29) is 17.9 Å². The molecule has 0 fully saturated rings. The van der Waals surface area contributed by atoms with E-state index in [9.17, 15) is 5.11 Å². The van der Waals surface area contributed by atoms with E-state index in [0.717, 1.165) is 22.5 Å². The van der Waals surface area contributed by atoms with Gasteiger partial charge in [0, 0.05) is 17.8 Å². The molecule has 0 amide bonds. The van der Waals surface area contributed by atoms with Gasteiger partial charge in [0.1, 0.15) is 5.75 Å². The number of aliphatic hydroxyl groups is 1. The fraction of sp³-hybridized carbons (Fsp3) is 0.421. The van der Waals surface area contributed by atoms with Crippen molar-refractivity contribution in [3.8, 4) is 5.75 Å². The Labute approximate surface area is 163 Å². The van der Waals surface area contributed by atoms with Gasteiger partial charge in [0.25, 0.3) is 0 Å². The molecular weight excluding hydrogens is 362 g/mol. The topological polar surface area (TPSA) is 85.1 Å². The summed E-state index contributed by atoms with van der Waals surface area (Å²) in [6.07, 6.45) is 1.80. The van der Waals surface area contributed by atoms with Crippen LogP contribution in [0.1, 0.15) is 32.4 Å². The van der Waals surface area contributed by atoms with Gasteiger partial charge in [0.05, 0.1) is 20.0 Å². The van der Waals surface area contributed by atoms with Crippen molar-refractivity contribution in [3.63, 3.8) is 0 Å². The van der Waals surface area contributed by atoms with Crippen LogP contribution >= 0.6 is 11.8 Å².